The fourth-order valence-electron chi connectivity index (χ4n) is 3.26. The highest BCUT2D eigenvalue weighted by atomic mass is 35.5. The molecule has 2 aromatic carbocycles. The van der Waals surface area contributed by atoms with Crippen LogP contribution >= 0.6 is 11.6 Å². The van der Waals surface area contributed by atoms with Gasteiger partial charge in [0.25, 0.3) is 5.91 Å². The largest absolute Gasteiger partial charge is 0.494 e. The number of hydrogen-bond acceptors (Lipinski definition) is 3. The summed E-state index contributed by atoms with van der Waals surface area (Å²) in [6, 6.07) is 15.2. The molecule has 0 radical (unpaired) electrons. The van der Waals surface area contributed by atoms with Crippen molar-refractivity contribution < 1.29 is 13.9 Å². The lowest BCUT2D eigenvalue weighted by Gasteiger charge is -2.10. The van der Waals surface area contributed by atoms with E-state index in [0.29, 0.717) is 29.3 Å². The van der Waals surface area contributed by atoms with E-state index in [0.717, 1.165) is 11.4 Å². The maximum Gasteiger partial charge on any atom is 0.266 e. The first-order valence-corrected chi connectivity index (χ1v) is 10.0. The van der Waals surface area contributed by atoms with Crippen LogP contribution in [0.4, 0.5) is 10.1 Å². The van der Waals surface area contributed by atoms with Gasteiger partial charge in [-0.1, -0.05) is 11.6 Å². The van der Waals surface area contributed by atoms with E-state index in [9.17, 15) is 14.4 Å². The number of aryl methyl sites for hydroxylation is 1. The molecular formula is C24H21ClFN3O2. The lowest BCUT2D eigenvalue weighted by molar-refractivity contribution is -0.112. The summed E-state index contributed by atoms with van der Waals surface area (Å²) in [6.07, 6.45) is 1.54. The van der Waals surface area contributed by atoms with Crippen LogP contribution in [-0.2, 0) is 4.79 Å². The normalized spacial score (nSPS) is 11.2. The number of amides is 1. The van der Waals surface area contributed by atoms with Gasteiger partial charge in [-0.15, -0.1) is 0 Å². The van der Waals surface area contributed by atoms with Gasteiger partial charge < -0.3 is 14.6 Å². The minimum atomic E-state index is -0.513. The molecule has 1 aromatic heterocycles. The van der Waals surface area contributed by atoms with Crippen LogP contribution in [0.5, 0.6) is 5.75 Å². The summed E-state index contributed by atoms with van der Waals surface area (Å²) in [5.41, 5.74) is 3.57. The van der Waals surface area contributed by atoms with E-state index in [1.807, 2.05) is 37.5 Å². The summed E-state index contributed by atoms with van der Waals surface area (Å²) >= 11 is 5.92. The molecule has 0 aliphatic carbocycles. The summed E-state index contributed by atoms with van der Waals surface area (Å²) in [4.78, 5) is 12.6. The molecule has 0 saturated carbocycles. The number of anilines is 1. The van der Waals surface area contributed by atoms with Crippen LogP contribution in [0.1, 0.15) is 23.9 Å². The SMILES string of the molecule is CCOc1ccc(NC(=O)/C(C#N)=C\c2cc(C)n(-c3ccc(F)c(Cl)c3)c2C)cc1. The molecular weight excluding hydrogens is 417 g/mol. The number of nitrogens with zero attached hydrogens (tertiary/aromatic N) is 2. The van der Waals surface area contributed by atoms with Crippen molar-refractivity contribution in [3.63, 3.8) is 0 Å². The predicted molar refractivity (Wildman–Crippen MR) is 120 cm³/mol. The third-order valence-corrected chi connectivity index (χ3v) is 5.01. The zero-order valence-electron chi connectivity index (χ0n) is 17.4. The predicted octanol–water partition coefficient (Wildman–Crippen LogP) is 5.83. The van der Waals surface area contributed by atoms with E-state index in [4.69, 9.17) is 16.3 Å². The average Bonchev–Trinajstić information content (AvgIpc) is 3.02. The van der Waals surface area contributed by atoms with E-state index in [-0.39, 0.29) is 10.6 Å². The number of halogens is 2. The maximum atomic E-state index is 13.5. The van der Waals surface area contributed by atoms with Gasteiger partial charge in [-0.2, -0.15) is 5.26 Å². The molecule has 5 nitrogen and oxygen atoms in total. The quantitative estimate of drug-likeness (QED) is 0.389. The lowest BCUT2D eigenvalue weighted by atomic mass is 10.1. The van der Waals surface area contributed by atoms with Crippen LogP contribution in [0, 0.1) is 31.0 Å². The van der Waals surface area contributed by atoms with Crippen LogP contribution in [0.2, 0.25) is 5.02 Å². The molecule has 158 valence electrons. The van der Waals surface area contributed by atoms with E-state index >= 15 is 0 Å². The molecule has 3 aromatic rings. The monoisotopic (exact) mass is 437 g/mol. The highest BCUT2D eigenvalue weighted by Gasteiger charge is 2.15. The molecule has 0 aliphatic rings. The zero-order valence-corrected chi connectivity index (χ0v) is 18.1. The van der Waals surface area contributed by atoms with Crippen molar-refractivity contribution in [1.29, 1.82) is 5.26 Å². The first-order valence-electron chi connectivity index (χ1n) is 9.64. The fourth-order valence-corrected chi connectivity index (χ4v) is 3.43. The number of benzene rings is 2. The number of rotatable bonds is 6. The topological polar surface area (TPSA) is 67.0 Å². The molecule has 1 heterocycles. The molecule has 0 unspecified atom stereocenters. The molecule has 0 saturated heterocycles. The molecule has 0 spiro atoms. The highest BCUT2D eigenvalue weighted by Crippen LogP contribution is 2.26. The molecule has 0 aliphatic heterocycles. The Kier molecular flexibility index (Phi) is 6.78. The maximum absolute atomic E-state index is 13.5. The summed E-state index contributed by atoms with van der Waals surface area (Å²) in [7, 11) is 0. The minimum Gasteiger partial charge on any atom is -0.494 e. The number of carbonyl (C=O) groups excluding carboxylic acids is 1. The molecule has 0 atom stereocenters. The number of nitriles is 1. The van der Waals surface area contributed by atoms with Crippen molar-refractivity contribution in [2.75, 3.05) is 11.9 Å². The van der Waals surface area contributed by atoms with Gasteiger partial charge in [-0.3, -0.25) is 4.79 Å². The van der Waals surface area contributed by atoms with Crippen LogP contribution in [0.3, 0.4) is 0 Å². The Morgan fingerprint density at radius 3 is 2.55 bits per heavy atom. The lowest BCUT2D eigenvalue weighted by Crippen LogP contribution is -2.13. The Morgan fingerprint density at radius 2 is 1.94 bits per heavy atom. The highest BCUT2D eigenvalue weighted by molar-refractivity contribution is 6.30. The first-order chi connectivity index (χ1) is 14.8. The Hall–Kier alpha value is -3.56. The second-order valence-electron chi connectivity index (χ2n) is 6.84. The van der Waals surface area contributed by atoms with Crippen molar-refractivity contribution in [2.45, 2.75) is 20.8 Å². The van der Waals surface area contributed by atoms with Crippen molar-refractivity contribution in [3.8, 4) is 17.5 Å². The van der Waals surface area contributed by atoms with E-state index in [1.165, 1.54) is 18.2 Å². The minimum absolute atomic E-state index is 0.0227. The van der Waals surface area contributed by atoms with Crippen LogP contribution in [-0.4, -0.2) is 17.1 Å². The van der Waals surface area contributed by atoms with Crippen molar-refractivity contribution in [3.05, 3.63) is 81.9 Å². The van der Waals surface area contributed by atoms with Gasteiger partial charge in [-0.05, 0) is 80.9 Å². The van der Waals surface area contributed by atoms with E-state index in [2.05, 4.69) is 5.32 Å². The van der Waals surface area contributed by atoms with Gasteiger partial charge in [0.15, 0.2) is 0 Å². The van der Waals surface area contributed by atoms with E-state index < -0.39 is 11.7 Å². The Morgan fingerprint density at radius 1 is 1.23 bits per heavy atom. The zero-order chi connectivity index (χ0) is 22.5. The van der Waals surface area contributed by atoms with Gasteiger partial charge in [-0.25, -0.2) is 4.39 Å². The molecule has 0 fully saturated rings. The second kappa shape index (κ2) is 9.50. The first kappa shape index (κ1) is 22.1. The molecule has 31 heavy (non-hydrogen) atoms. The number of hydrogen-bond donors (Lipinski definition) is 1. The molecule has 1 amide bonds. The Bertz CT molecular complexity index is 1190. The average molecular weight is 438 g/mol. The van der Waals surface area contributed by atoms with Gasteiger partial charge in [0.2, 0.25) is 0 Å². The smallest absolute Gasteiger partial charge is 0.266 e. The van der Waals surface area contributed by atoms with Crippen molar-refractivity contribution in [1.82, 2.24) is 4.57 Å². The standard InChI is InChI=1S/C24H21ClFN3O2/c1-4-31-21-8-5-19(6-9-21)28-24(30)18(14-27)12-17-11-15(2)29(16(17)3)20-7-10-23(26)22(25)13-20/h5-13H,4H2,1-3H3,(H,28,30)/b18-12-. The fraction of sp³-hybridized carbons (Fsp3) is 0.167. The molecule has 7 heteroatoms. The summed E-state index contributed by atoms with van der Waals surface area (Å²) in [6.45, 7) is 6.18. The number of ether oxygens (including phenoxy) is 1. The molecule has 1 N–H and O–H groups in total. The number of nitrogens with one attached hydrogen (secondary N) is 1. The summed E-state index contributed by atoms with van der Waals surface area (Å²) in [5, 5.41) is 12.3. The van der Waals surface area contributed by atoms with Gasteiger partial charge in [0.1, 0.15) is 23.2 Å². The Balaban J connectivity index is 1.87. The summed E-state index contributed by atoms with van der Waals surface area (Å²) in [5.74, 6) is -0.308. The number of carbonyl (C=O) groups is 1. The van der Waals surface area contributed by atoms with Gasteiger partial charge >= 0.3 is 0 Å². The summed E-state index contributed by atoms with van der Waals surface area (Å²) < 4.78 is 20.8. The van der Waals surface area contributed by atoms with E-state index in [1.54, 1.807) is 30.3 Å². The van der Waals surface area contributed by atoms with Crippen LogP contribution in [0.15, 0.2) is 54.1 Å². The third kappa shape index (κ3) is 4.96. The van der Waals surface area contributed by atoms with Gasteiger partial charge in [0.05, 0.1) is 11.6 Å². The van der Waals surface area contributed by atoms with Crippen LogP contribution < -0.4 is 10.1 Å². The molecule has 3 rings (SSSR count). The molecule has 0 bridgehead atoms. The van der Waals surface area contributed by atoms with Crippen LogP contribution in [0.25, 0.3) is 11.8 Å². The van der Waals surface area contributed by atoms with Gasteiger partial charge in [0, 0.05) is 22.8 Å². The Labute approximate surface area is 185 Å². The second-order valence-corrected chi connectivity index (χ2v) is 7.25. The number of aromatic nitrogens is 1. The van der Waals surface area contributed by atoms with Crippen molar-refractivity contribution in [2.24, 2.45) is 0 Å². The third-order valence-electron chi connectivity index (χ3n) is 4.72. The van der Waals surface area contributed by atoms with Crippen molar-refractivity contribution >= 4 is 29.3 Å².